The monoisotopic (exact) mass is 249 g/mol. The van der Waals surface area contributed by atoms with Gasteiger partial charge in [0.25, 0.3) is 0 Å². The van der Waals surface area contributed by atoms with Crippen molar-refractivity contribution >= 4 is 0 Å². The number of hydrogen-bond donors (Lipinski definition) is 1. The molecule has 3 heteroatoms. The Balaban J connectivity index is 1.81. The smallest absolute Gasteiger partial charge is 0.0802 e. The molecule has 100 valence electrons. The van der Waals surface area contributed by atoms with Crippen LogP contribution >= 0.6 is 0 Å². The number of aliphatic hydroxyl groups excluding tert-OH is 1. The van der Waals surface area contributed by atoms with Gasteiger partial charge in [-0.15, -0.1) is 0 Å². The van der Waals surface area contributed by atoms with Gasteiger partial charge in [-0.25, -0.2) is 0 Å². The van der Waals surface area contributed by atoms with Crippen LogP contribution in [0.4, 0.5) is 0 Å². The molecule has 1 aromatic carbocycles. The molecule has 3 atom stereocenters. The fourth-order valence-electron chi connectivity index (χ4n) is 2.61. The Labute approximate surface area is 109 Å². The molecule has 1 aliphatic heterocycles. The van der Waals surface area contributed by atoms with Crippen molar-refractivity contribution in [3.63, 3.8) is 0 Å². The van der Waals surface area contributed by atoms with Gasteiger partial charge in [0.2, 0.25) is 0 Å². The molecule has 1 saturated heterocycles. The molecule has 0 saturated carbocycles. The van der Waals surface area contributed by atoms with E-state index in [1.54, 1.807) is 0 Å². The molecule has 18 heavy (non-hydrogen) atoms. The largest absolute Gasteiger partial charge is 0.388 e. The Morgan fingerprint density at radius 3 is 2.44 bits per heavy atom. The first-order valence-electron chi connectivity index (χ1n) is 6.76. The van der Waals surface area contributed by atoms with Crippen LogP contribution in [0.15, 0.2) is 30.3 Å². The number of morpholine rings is 1. The summed E-state index contributed by atoms with van der Waals surface area (Å²) in [6.07, 6.45) is 1.01. The lowest BCUT2D eigenvalue weighted by atomic mass is 10.1. The lowest BCUT2D eigenvalue weighted by molar-refractivity contribution is -0.0702. The molecule has 3 nitrogen and oxygen atoms in total. The summed E-state index contributed by atoms with van der Waals surface area (Å²) >= 11 is 0. The summed E-state index contributed by atoms with van der Waals surface area (Å²) in [6.45, 7) is 7.07. The van der Waals surface area contributed by atoms with Gasteiger partial charge >= 0.3 is 0 Å². The summed E-state index contributed by atoms with van der Waals surface area (Å²) in [5.41, 5.74) is 1.01. The molecule has 0 bridgehead atoms. The molecule has 0 aromatic heterocycles. The van der Waals surface area contributed by atoms with Crippen LogP contribution in [-0.2, 0) is 4.74 Å². The number of aliphatic hydroxyl groups is 1. The Bertz CT molecular complexity index is 345. The minimum atomic E-state index is -0.361. The van der Waals surface area contributed by atoms with E-state index < -0.39 is 0 Å². The molecule has 1 aliphatic rings. The fourth-order valence-corrected chi connectivity index (χ4v) is 2.61. The lowest BCUT2D eigenvalue weighted by Crippen LogP contribution is -2.45. The highest BCUT2D eigenvalue weighted by molar-refractivity contribution is 5.17. The zero-order valence-electron chi connectivity index (χ0n) is 11.2. The summed E-state index contributed by atoms with van der Waals surface area (Å²) < 4.78 is 5.70. The van der Waals surface area contributed by atoms with Gasteiger partial charge in [0, 0.05) is 19.6 Å². The van der Waals surface area contributed by atoms with E-state index in [0.29, 0.717) is 12.2 Å². The lowest BCUT2D eigenvalue weighted by Gasteiger charge is -2.35. The van der Waals surface area contributed by atoms with Gasteiger partial charge in [-0.05, 0) is 25.8 Å². The summed E-state index contributed by atoms with van der Waals surface area (Å²) in [4.78, 5) is 2.38. The van der Waals surface area contributed by atoms with E-state index in [2.05, 4.69) is 18.7 Å². The Hall–Kier alpha value is -0.900. The van der Waals surface area contributed by atoms with Gasteiger partial charge in [0.15, 0.2) is 0 Å². The highest BCUT2D eigenvalue weighted by Crippen LogP contribution is 2.18. The molecular formula is C15H23NO2. The van der Waals surface area contributed by atoms with Crippen molar-refractivity contribution in [1.82, 2.24) is 4.90 Å². The van der Waals surface area contributed by atoms with Crippen LogP contribution in [-0.4, -0.2) is 41.8 Å². The van der Waals surface area contributed by atoms with Crippen molar-refractivity contribution in [1.29, 1.82) is 0 Å². The van der Waals surface area contributed by atoms with Gasteiger partial charge in [-0.2, -0.15) is 0 Å². The quantitative estimate of drug-likeness (QED) is 0.888. The third-order valence-corrected chi connectivity index (χ3v) is 3.40. The van der Waals surface area contributed by atoms with Crippen molar-refractivity contribution < 1.29 is 9.84 Å². The second-order valence-electron chi connectivity index (χ2n) is 5.23. The van der Waals surface area contributed by atoms with Crippen LogP contribution in [0.5, 0.6) is 0 Å². The van der Waals surface area contributed by atoms with E-state index in [1.165, 1.54) is 0 Å². The van der Waals surface area contributed by atoms with Crippen LogP contribution < -0.4 is 0 Å². The molecule has 1 fully saturated rings. The van der Waals surface area contributed by atoms with E-state index in [0.717, 1.165) is 31.6 Å². The minimum absolute atomic E-state index is 0.294. The maximum absolute atomic E-state index is 10.1. The first kappa shape index (κ1) is 13.5. The van der Waals surface area contributed by atoms with Crippen LogP contribution in [0, 0.1) is 0 Å². The highest BCUT2D eigenvalue weighted by Gasteiger charge is 2.22. The van der Waals surface area contributed by atoms with Crippen molar-refractivity contribution in [2.45, 2.75) is 38.6 Å². The number of benzene rings is 1. The maximum atomic E-state index is 10.1. The molecule has 0 radical (unpaired) electrons. The van der Waals surface area contributed by atoms with Crippen molar-refractivity contribution in [3.8, 4) is 0 Å². The second-order valence-corrected chi connectivity index (χ2v) is 5.23. The Morgan fingerprint density at radius 2 is 1.83 bits per heavy atom. The van der Waals surface area contributed by atoms with E-state index >= 15 is 0 Å². The second kappa shape index (κ2) is 6.32. The highest BCUT2D eigenvalue weighted by atomic mass is 16.5. The van der Waals surface area contributed by atoms with Crippen molar-refractivity contribution in [2.75, 3.05) is 19.6 Å². The third kappa shape index (κ3) is 3.80. The molecule has 0 aliphatic carbocycles. The number of hydrogen-bond acceptors (Lipinski definition) is 3. The number of ether oxygens (including phenoxy) is 1. The van der Waals surface area contributed by atoms with Gasteiger partial charge in [-0.3, -0.25) is 4.90 Å². The average Bonchev–Trinajstić information content (AvgIpc) is 2.36. The van der Waals surface area contributed by atoms with E-state index in [9.17, 15) is 5.11 Å². The number of nitrogens with zero attached hydrogens (tertiary/aromatic N) is 1. The predicted octanol–water partition coefficient (Wildman–Crippen LogP) is 2.22. The van der Waals surface area contributed by atoms with Crippen LogP contribution in [0.2, 0.25) is 0 Å². The summed E-state index contributed by atoms with van der Waals surface area (Å²) in [5, 5.41) is 10.1. The van der Waals surface area contributed by atoms with Gasteiger partial charge < -0.3 is 9.84 Å². The number of rotatable bonds is 4. The fraction of sp³-hybridized carbons (Fsp3) is 0.600. The summed E-state index contributed by atoms with van der Waals surface area (Å²) in [6, 6.07) is 9.88. The van der Waals surface area contributed by atoms with Gasteiger partial charge in [0.05, 0.1) is 18.3 Å². The van der Waals surface area contributed by atoms with Gasteiger partial charge in [-0.1, -0.05) is 30.3 Å². The molecular weight excluding hydrogens is 226 g/mol. The summed E-state index contributed by atoms with van der Waals surface area (Å²) in [5.74, 6) is 0. The first-order chi connectivity index (χ1) is 8.65. The molecule has 1 N–H and O–H groups in total. The third-order valence-electron chi connectivity index (χ3n) is 3.40. The molecule has 0 spiro atoms. The predicted molar refractivity (Wildman–Crippen MR) is 72.5 cm³/mol. The normalized spacial score (nSPS) is 27.1. The topological polar surface area (TPSA) is 32.7 Å². The molecule has 1 unspecified atom stereocenters. The van der Waals surface area contributed by atoms with Crippen molar-refractivity contribution in [3.05, 3.63) is 35.9 Å². The van der Waals surface area contributed by atoms with Crippen LogP contribution in [0.1, 0.15) is 31.9 Å². The Kier molecular flexibility index (Phi) is 4.75. The zero-order chi connectivity index (χ0) is 13.0. The van der Waals surface area contributed by atoms with Crippen LogP contribution in [0.25, 0.3) is 0 Å². The standard InChI is InChI=1S/C15H23NO2/c1-12-10-16(11-13(2)18-12)9-8-15(17)14-6-4-3-5-7-14/h3-7,12-13,15,17H,8-11H2,1-2H3/t12-,13+,15?. The maximum Gasteiger partial charge on any atom is 0.0802 e. The molecule has 1 aromatic rings. The average molecular weight is 249 g/mol. The van der Waals surface area contributed by atoms with E-state index in [4.69, 9.17) is 4.74 Å². The molecule has 1 heterocycles. The van der Waals surface area contributed by atoms with E-state index in [-0.39, 0.29) is 6.10 Å². The van der Waals surface area contributed by atoms with Crippen LogP contribution in [0.3, 0.4) is 0 Å². The summed E-state index contributed by atoms with van der Waals surface area (Å²) in [7, 11) is 0. The van der Waals surface area contributed by atoms with Crippen molar-refractivity contribution in [2.24, 2.45) is 0 Å². The first-order valence-corrected chi connectivity index (χ1v) is 6.76. The Morgan fingerprint density at radius 1 is 1.22 bits per heavy atom. The molecule has 0 amide bonds. The SMILES string of the molecule is C[C@@H]1CN(CCC(O)c2ccccc2)C[C@H](C)O1. The van der Waals surface area contributed by atoms with E-state index in [1.807, 2.05) is 30.3 Å². The minimum Gasteiger partial charge on any atom is -0.388 e. The van der Waals surface area contributed by atoms with Gasteiger partial charge in [0.1, 0.15) is 0 Å². The molecule has 2 rings (SSSR count). The zero-order valence-corrected chi connectivity index (χ0v) is 11.2.